The molecule has 0 fully saturated rings. The number of benzene rings is 3. The third-order valence-electron chi connectivity index (χ3n) is 4.82. The van der Waals surface area contributed by atoms with E-state index in [2.05, 4.69) is 15.8 Å². The molecule has 1 heterocycles. The quantitative estimate of drug-likeness (QED) is 0.113. The molecule has 0 aliphatic carbocycles. The zero-order chi connectivity index (χ0) is 25.5. The summed E-state index contributed by atoms with van der Waals surface area (Å²) in [5.74, 6) is -1.35. The Hall–Kier alpha value is -4.21. The zero-order valence-corrected chi connectivity index (χ0v) is 20.6. The van der Waals surface area contributed by atoms with Gasteiger partial charge in [-0.25, -0.2) is 10.2 Å². The molecule has 1 aromatic heterocycles. The van der Waals surface area contributed by atoms with E-state index in [1.54, 1.807) is 48.5 Å². The molecule has 0 bridgehead atoms. The Bertz CT molecular complexity index is 1430. The van der Waals surface area contributed by atoms with Crippen molar-refractivity contribution >= 4 is 62.7 Å². The second-order valence-corrected chi connectivity index (χ2v) is 8.74. The number of carbonyl (C=O) groups is 3. The van der Waals surface area contributed by atoms with Gasteiger partial charge in [0.1, 0.15) is 16.4 Å². The summed E-state index contributed by atoms with van der Waals surface area (Å²) in [6, 6.07) is 20.6. The molecular weight excluding hydrogens is 502 g/mol. The molecule has 3 aromatic carbocycles. The van der Waals surface area contributed by atoms with Gasteiger partial charge < -0.3 is 14.8 Å². The van der Waals surface area contributed by atoms with Crippen molar-refractivity contribution in [2.75, 3.05) is 11.9 Å². The fourth-order valence-electron chi connectivity index (χ4n) is 3.13. The number of anilines is 1. The Morgan fingerprint density at radius 3 is 2.33 bits per heavy atom. The number of nitrogens with zero attached hydrogens (tertiary/aromatic N) is 1. The SMILES string of the molecule is CCOc1ccc(NC(=O)C(=O)N/N=C\c2ccc(OC(=O)c3sc4ccccc4c3Cl)cc2)cc1. The molecule has 8 nitrogen and oxygen atoms in total. The van der Waals surface area contributed by atoms with E-state index in [1.165, 1.54) is 17.6 Å². The topological polar surface area (TPSA) is 106 Å². The molecule has 0 saturated heterocycles. The minimum absolute atomic E-state index is 0.324. The van der Waals surface area contributed by atoms with E-state index in [9.17, 15) is 14.4 Å². The van der Waals surface area contributed by atoms with Gasteiger partial charge in [-0.05, 0) is 67.1 Å². The molecule has 0 unspecified atom stereocenters. The predicted octanol–water partition coefficient (Wildman–Crippen LogP) is 5.26. The van der Waals surface area contributed by atoms with Crippen LogP contribution in [-0.4, -0.2) is 30.6 Å². The Morgan fingerprint density at radius 1 is 0.944 bits per heavy atom. The highest BCUT2D eigenvalue weighted by atomic mass is 35.5. The number of nitrogens with one attached hydrogen (secondary N) is 2. The maximum atomic E-state index is 12.6. The highest BCUT2D eigenvalue weighted by molar-refractivity contribution is 7.21. The van der Waals surface area contributed by atoms with Crippen molar-refractivity contribution in [2.24, 2.45) is 5.10 Å². The van der Waals surface area contributed by atoms with E-state index in [0.717, 1.165) is 10.1 Å². The van der Waals surface area contributed by atoms with E-state index < -0.39 is 17.8 Å². The summed E-state index contributed by atoms with van der Waals surface area (Å²) in [5.41, 5.74) is 3.23. The summed E-state index contributed by atoms with van der Waals surface area (Å²) in [4.78, 5) is 36.9. The predicted molar refractivity (Wildman–Crippen MR) is 140 cm³/mol. The van der Waals surface area contributed by atoms with Crippen molar-refractivity contribution in [3.8, 4) is 11.5 Å². The molecule has 0 aliphatic rings. The van der Waals surface area contributed by atoms with Gasteiger partial charge in [0.05, 0.1) is 17.8 Å². The van der Waals surface area contributed by atoms with Gasteiger partial charge in [0.15, 0.2) is 0 Å². The molecule has 4 rings (SSSR count). The number of fused-ring (bicyclic) bond motifs is 1. The summed E-state index contributed by atoms with van der Waals surface area (Å²) in [6.45, 7) is 2.40. The normalized spacial score (nSPS) is 10.8. The van der Waals surface area contributed by atoms with Crippen molar-refractivity contribution < 1.29 is 23.9 Å². The summed E-state index contributed by atoms with van der Waals surface area (Å²) < 4.78 is 11.7. The third kappa shape index (κ3) is 6.07. The van der Waals surface area contributed by atoms with Crippen molar-refractivity contribution in [3.05, 3.63) is 88.3 Å². The number of thiophene rings is 1. The number of amides is 2. The van der Waals surface area contributed by atoms with E-state index in [4.69, 9.17) is 21.1 Å². The number of hydrogen-bond donors (Lipinski definition) is 2. The van der Waals surface area contributed by atoms with Crippen LogP contribution in [0.15, 0.2) is 77.9 Å². The number of halogens is 1. The van der Waals surface area contributed by atoms with Crippen LogP contribution in [0.4, 0.5) is 5.69 Å². The highest BCUT2D eigenvalue weighted by Crippen LogP contribution is 2.35. The summed E-state index contributed by atoms with van der Waals surface area (Å²) in [7, 11) is 0. The largest absolute Gasteiger partial charge is 0.494 e. The first-order valence-electron chi connectivity index (χ1n) is 10.8. The molecule has 0 aliphatic heterocycles. The van der Waals surface area contributed by atoms with Gasteiger partial charge in [-0.2, -0.15) is 5.10 Å². The standard InChI is InChI=1S/C26H20ClN3O5S/c1-2-34-18-13-9-17(10-14-18)29-24(31)25(32)30-28-15-16-7-11-19(12-8-16)35-26(33)23-22(27)20-5-3-4-6-21(20)36-23/h3-15H,2H2,1H3,(H,29,31)(H,30,32)/b28-15-. The lowest BCUT2D eigenvalue weighted by Gasteiger charge is -2.06. The minimum atomic E-state index is -0.925. The number of carbonyl (C=O) groups excluding carboxylic acids is 3. The number of hydrogen-bond acceptors (Lipinski definition) is 7. The second kappa shape index (κ2) is 11.5. The highest BCUT2D eigenvalue weighted by Gasteiger charge is 2.19. The Kier molecular flexibility index (Phi) is 7.94. The van der Waals surface area contributed by atoms with Gasteiger partial charge in [-0.1, -0.05) is 29.8 Å². The van der Waals surface area contributed by atoms with Gasteiger partial charge in [-0.15, -0.1) is 11.3 Å². The molecular formula is C26H20ClN3O5S. The van der Waals surface area contributed by atoms with Crippen LogP contribution in [0.25, 0.3) is 10.1 Å². The molecule has 10 heteroatoms. The molecule has 2 N–H and O–H groups in total. The lowest BCUT2D eigenvalue weighted by atomic mass is 10.2. The lowest BCUT2D eigenvalue weighted by molar-refractivity contribution is -0.136. The minimum Gasteiger partial charge on any atom is -0.494 e. The first-order valence-corrected chi connectivity index (χ1v) is 12.0. The van der Waals surface area contributed by atoms with Crippen LogP contribution in [0.3, 0.4) is 0 Å². The van der Waals surface area contributed by atoms with Crippen LogP contribution in [-0.2, 0) is 9.59 Å². The van der Waals surface area contributed by atoms with E-state index in [1.807, 2.05) is 31.2 Å². The first-order chi connectivity index (χ1) is 17.4. The smallest absolute Gasteiger partial charge is 0.355 e. The van der Waals surface area contributed by atoms with Crippen LogP contribution in [0, 0.1) is 0 Å². The van der Waals surface area contributed by atoms with Gasteiger partial charge in [0.2, 0.25) is 0 Å². The number of hydrazone groups is 1. The Labute approximate surface area is 215 Å². The maximum absolute atomic E-state index is 12.6. The molecule has 182 valence electrons. The number of ether oxygens (including phenoxy) is 2. The van der Waals surface area contributed by atoms with Crippen LogP contribution in [0.1, 0.15) is 22.2 Å². The van der Waals surface area contributed by atoms with Crippen molar-refractivity contribution in [1.29, 1.82) is 0 Å². The zero-order valence-electron chi connectivity index (χ0n) is 19.0. The van der Waals surface area contributed by atoms with Gasteiger partial charge in [0.25, 0.3) is 0 Å². The first kappa shape index (κ1) is 24.9. The fraction of sp³-hybridized carbons (Fsp3) is 0.0769. The molecule has 4 aromatic rings. The summed E-state index contributed by atoms with van der Waals surface area (Å²) in [5, 5.41) is 7.43. The van der Waals surface area contributed by atoms with E-state index in [0.29, 0.717) is 39.3 Å². The number of rotatable bonds is 7. The van der Waals surface area contributed by atoms with Gasteiger partial charge in [-0.3, -0.25) is 9.59 Å². The Morgan fingerprint density at radius 2 is 1.64 bits per heavy atom. The third-order valence-corrected chi connectivity index (χ3v) is 6.48. The Balaban J connectivity index is 1.29. The van der Waals surface area contributed by atoms with Gasteiger partial charge >= 0.3 is 17.8 Å². The molecule has 0 radical (unpaired) electrons. The van der Waals surface area contributed by atoms with Crippen molar-refractivity contribution in [3.63, 3.8) is 0 Å². The summed E-state index contributed by atoms with van der Waals surface area (Å²) in [6.07, 6.45) is 1.36. The average molecular weight is 522 g/mol. The second-order valence-electron chi connectivity index (χ2n) is 7.31. The molecule has 36 heavy (non-hydrogen) atoms. The van der Waals surface area contributed by atoms with Crippen LogP contribution >= 0.6 is 22.9 Å². The number of esters is 1. The summed E-state index contributed by atoms with van der Waals surface area (Å²) >= 11 is 7.60. The lowest BCUT2D eigenvalue weighted by Crippen LogP contribution is -2.32. The van der Waals surface area contributed by atoms with E-state index >= 15 is 0 Å². The van der Waals surface area contributed by atoms with Gasteiger partial charge in [0, 0.05) is 15.8 Å². The average Bonchev–Trinajstić information content (AvgIpc) is 3.23. The van der Waals surface area contributed by atoms with Crippen LogP contribution in [0.2, 0.25) is 5.02 Å². The monoisotopic (exact) mass is 521 g/mol. The van der Waals surface area contributed by atoms with Crippen LogP contribution < -0.4 is 20.2 Å². The molecule has 2 amide bonds. The fourth-order valence-corrected chi connectivity index (χ4v) is 4.51. The maximum Gasteiger partial charge on any atom is 0.355 e. The van der Waals surface area contributed by atoms with Crippen LogP contribution in [0.5, 0.6) is 11.5 Å². The van der Waals surface area contributed by atoms with Crippen molar-refractivity contribution in [1.82, 2.24) is 5.43 Å². The van der Waals surface area contributed by atoms with E-state index in [-0.39, 0.29) is 0 Å². The molecule has 0 saturated carbocycles. The molecule has 0 spiro atoms. The molecule has 0 atom stereocenters. The van der Waals surface area contributed by atoms with Crippen molar-refractivity contribution in [2.45, 2.75) is 6.92 Å².